The van der Waals surface area contributed by atoms with E-state index < -0.39 is 15.9 Å². The molecule has 4 aromatic carbocycles. The zero-order valence-corrected chi connectivity index (χ0v) is 22.4. The molecular weight excluding hydrogens is 520 g/mol. The summed E-state index contributed by atoms with van der Waals surface area (Å²) in [6, 6.07) is 24.9. The van der Waals surface area contributed by atoms with Crippen LogP contribution in [0.3, 0.4) is 0 Å². The highest BCUT2D eigenvalue weighted by atomic mass is 35.5. The third-order valence-corrected chi connectivity index (χ3v) is 8.76. The van der Waals surface area contributed by atoms with Crippen molar-refractivity contribution in [3.63, 3.8) is 0 Å². The number of nitrogens with one attached hydrogen (secondary N) is 1. The summed E-state index contributed by atoms with van der Waals surface area (Å²) in [6.45, 7) is 3.75. The number of anilines is 2. The van der Waals surface area contributed by atoms with Gasteiger partial charge >= 0.3 is 0 Å². The van der Waals surface area contributed by atoms with E-state index in [9.17, 15) is 18.0 Å². The zero-order chi connectivity index (χ0) is 27.0. The molecule has 0 aromatic heterocycles. The van der Waals surface area contributed by atoms with Crippen molar-refractivity contribution in [1.82, 2.24) is 0 Å². The number of hydrogen-bond acceptors (Lipinski definition) is 4. The number of ketones is 1. The van der Waals surface area contributed by atoms with Gasteiger partial charge in [-0.15, -0.1) is 0 Å². The highest BCUT2D eigenvalue weighted by Crippen LogP contribution is 2.37. The van der Waals surface area contributed by atoms with Crippen LogP contribution in [0.2, 0.25) is 5.02 Å². The average Bonchev–Trinajstić information content (AvgIpc) is 3.25. The third-order valence-electron chi connectivity index (χ3n) is 6.58. The molecule has 6 nitrogen and oxygen atoms in total. The van der Waals surface area contributed by atoms with E-state index >= 15 is 0 Å². The summed E-state index contributed by atoms with van der Waals surface area (Å²) in [5.41, 5.74) is 3.75. The van der Waals surface area contributed by atoms with Gasteiger partial charge in [0.2, 0.25) is 0 Å². The summed E-state index contributed by atoms with van der Waals surface area (Å²) in [6.07, 6.45) is 0.472. The van der Waals surface area contributed by atoms with E-state index in [2.05, 4.69) is 5.32 Å². The number of benzene rings is 4. The van der Waals surface area contributed by atoms with Gasteiger partial charge < -0.3 is 5.32 Å². The number of hydrogen-bond donors (Lipinski definition) is 1. The van der Waals surface area contributed by atoms with Crippen molar-refractivity contribution >= 4 is 44.7 Å². The SMILES string of the molecule is Cc1ccc(S(=O)(=O)N2c3ccc(C(=O)Nc4ccc(Cl)cc4C(=O)c4ccccc4)cc3C[C@H]2C)cc1. The number of nitrogens with zero attached hydrogens (tertiary/aromatic N) is 1. The summed E-state index contributed by atoms with van der Waals surface area (Å²) in [7, 11) is -3.76. The van der Waals surface area contributed by atoms with Gasteiger partial charge in [-0.2, -0.15) is 0 Å². The van der Waals surface area contributed by atoms with E-state index in [1.807, 2.05) is 19.9 Å². The lowest BCUT2D eigenvalue weighted by molar-refractivity contribution is 0.102. The number of sulfonamides is 1. The standard InChI is InChI=1S/C30H25ClN2O4S/c1-19-8-12-25(13-9-19)38(36,37)33-20(2)16-23-17-22(10-15-28(23)33)30(35)32-27-14-11-24(31)18-26(27)29(34)21-6-4-3-5-7-21/h3-15,17-18,20H,16H2,1-2H3,(H,32,35)/t20-/m1/s1. The van der Waals surface area contributed by atoms with E-state index in [-0.39, 0.29) is 22.3 Å². The Bertz CT molecular complexity index is 1650. The highest BCUT2D eigenvalue weighted by Gasteiger charge is 2.36. The lowest BCUT2D eigenvalue weighted by Crippen LogP contribution is -2.35. The Balaban J connectivity index is 1.43. The van der Waals surface area contributed by atoms with Gasteiger partial charge in [0.05, 0.1) is 16.3 Å². The maximum absolute atomic E-state index is 13.4. The number of halogens is 1. The maximum Gasteiger partial charge on any atom is 0.264 e. The summed E-state index contributed by atoms with van der Waals surface area (Å²) >= 11 is 6.16. The van der Waals surface area contributed by atoms with Gasteiger partial charge in [-0.05, 0) is 74.4 Å². The molecule has 192 valence electrons. The normalized spacial score (nSPS) is 14.7. The monoisotopic (exact) mass is 544 g/mol. The smallest absolute Gasteiger partial charge is 0.264 e. The lowest BCUT2D eigenvalue weighted by atomic mass is 10.0. The molecule has 0 unspecified atom stereocenters. The third kappa shape index (κ3) is 4.83. The first-order valence-electron chi connectivity index (χ1n) is 12.1. The first kappa shape index (κ1) is 25.7. The zero-order valence-electron chi connectivity index (χ0n) is 20.8. The summed E-state index contributed by atoms with van der Waals surface area (Å²) in [4.78, 5) is 26.6. The van der Waals surface area contributed by atoms with Gasteiger partial charge in [0.15, 0.2) is 5.78 Å². The largest absolute Gasteiger partial charge is 0.321 e. The van der Waals surface area contributed by atoms with Crippen molar-refractivity contribution in [2.75, 3.05) is 9.62 Å². The predicted molar refractivity (Wildman–Crippen MR) is 150 cm³/mol. The van der Waals surface area contributed by atoms with Crippen LogP contribution in [-0.4, -0.2) is 26.2 Å². The van der Waals surface area contributed by atoms with Gasteiger partial charge in [0.1, 0.15) is 0 Å². The molecule has 8 heteroatoms. The number of carbonyl (C=O) groups excluding carboxylic acids is 2. The van der Waals surface area contributed by atoms with Crippen molar-refractivity contribution in [1.29, 1.82) is 0 Å². The van der Waals surface area contributed by atoms with Crippen LogP contribution < -0.4 is 9.62 Å². The van der Waals surface area contributed by atoms with E-state index in [0.29, 0.717) is 33.9 Å². The molecule has 0 aliphatic carbocycles. The van der Waals surface area contributed by atoms with E-state index in [1.165, 1.54) is 10.4 Å². The van der Waals surface area contributed by atoms with Crippen molar-refractivity contribution < 1.29 is 18.0 Å². The van der Waals surface area contributed by atoms with Crippen molar-refractivity contribution in [3.8, 4) is 0 Å². The molecule has 38 heavy (non-hydrogen) atoms. The first-order valence-corrected chi connectivity index (χ1v) is 13.9. The van der Waals surface area contributed by atoms with Crippen molar-refractivity contribution in [2.24, 2.45) is 0 Å². The lowest BCUT2D eigenvalue weighted by Gasteiger charge is -2.24. The van der Waals surface area contributed by atoms with Crippen molar-refractivity contribution in [2.45, 2.75) is 31.2 Å². The minimum absolute atomic E-state index is 0.225. The average molecular weight is 545 g/mol. The number of carbonyl (C=O) groups is 2. The maximum atomic E-state index is 13.4. The quantitative estimate of drug-likeness (QED) is 0.290. The van der Waals surface area contributed by atoms with Crippen LogP contribution in [0.25, 0.3) is 0 Å². The molecule has 1 aliphatic rings. The second-order valence-corrected chi connectivity index (χ2v) is 11.6. The van der Waals surface area contributed by atoms with Crippen LogP contribution in [0.5, 0.6) is 0 Å². The molecular formula is C30H25ClN2O4S. The minimum Gasteiger partial charge on any atom is -0.321 e. The van der Waals surface area contributed by atoms with Crippen LogP contribution in [0.4, 0.5) is 11.4 Å². The molecule has 0 spiro atoms. The molecule has 5 rings (SSSR count). The molecule has 1 atom stereocenters. The Hall–Kier alpha value is -3.94. The Morgan fingerprint density at radius 2 is 1.61 bits per heavy atom. The van der Waals surface area contributed by atoms with E-state index in [1.54, 1.807) is 78.9 Å². The second-order valence-electron chi connectivity index (χ2n) is 9.35. The van der Waals surface area contributed by atoms with Crippen LogP contribution in [0, 0.1) is 6.92 Å². The Morgan fingerprint density at radius 3 is 2.32 bits per heavy atom. The Morgan fingerprint density at radius 1 is 0.895 bits per heavy atom. The molecule has 1 heterocycles. The highest BCUT2D eigenvalue weighted by molar-refractivity contribution is 7.92. The number of rotatable bonds is 6. The first-order chi connectivity index (χ1) is 18.1. The molecule has 1 amide bonds. The molecule has 0 bridgehead atoms. The summed E-state index contributed by atoms with van der Waals surface area (Å²) in [5.74, 6) is -0.673. The number of fused-ring (bicyclic) bond motifs is 1. The summed E-state index contributed by atoms with van der Waals surface area (Å²) in [5, 5.41) is 3.21. The molecule has 0 radical (unpaired) electrons. The Labute approximate surface area is 226 Å². The van der Waals surface area contributed by atoms with Crippen LogP contribution in [-0.2, 0) is 16.4 Å². The predicted octanol–water partition coefficient (Wildman–Crippen LogP) is 6.27. The fourth-order valence-corrected chi connectivity index (χ4v) is 6.55. The van der Waals surface area contributed by atoms with Crippen LogP contribution in [0.15, 0.2) is 95.9 Å². The second kappa shape index (κ2) is 10.1. The van der Waals surface area contributed by atoms with Crippen molar-refractivity contribution in [3.05, 3.63) is 124 Å². The van der Waals surface area contributed by atoms with E-state index in [4.69, 9.17) is 11.6 Å². The fourth-order valence-electron chi connectivity index (χ4n) is 4.69. The van der Waals surface area contributed by atoms with Gasteiger partial charge in [0.25, 0.3) is 15.9 Å². The summed E-state index contributed by atoms with van der Waals surface area (Å²) < 4.78 is 28.3. The molecule has 1 N–H and O–H groups in total. The molecule has 0 fully saturated rings. The topological polar surface area (TPSA) is 83.6 Å². The van der Waals surface area contributed by atoms with Crippen LogP contribution in [0.1, 0.15) is 44.3 Å². The van der Waals surface area contributed by atoms with Gasteiger partial charge in [0, 0.05) is 27.8 Å². The number of amides is 1. The van der Waals surface area contributed by atoms with Gasteiger partial charge in [-0.25, -0.2) is 8.42 Å². The van der Waals surface area contributed by atoms with Gasteiger partial charge in [-0.3, -0.25) is 13.9 Å². The molecule has 0 saturated heterocycles. The molecule has 0 saturated carbocycles. The number of aryl methyl sites for hydroxylation is 1. The Kier molecular flexibility index (Phi) is 6.82. The molecule has 1 aliphatic heterocycles. The fraction of sp³-hybridized carbons (Fsp3) is 0.133. The minimum atomic E-state index is -3.76. The van der Waals surface area contributed by atoms with Gasteiger partial charge in [-0.1, -0.05) is 59.6 Å². The molecule has 4 aromatic rings. The van der Waals surface area contributed by atoms with Crippen LogP contribution >= 0.6 is 11.6 Å². The van der Waals surface area contributed by atoms with E-state index in [0.717, 1.165) is 11.1 Å².